The highest BCUT2D eigenvalue weighted by molar-refractivity contribution is 6.22. The van der Waals surface area contributed by atoms with Crippen LogP contribution < -0.4 is 10.3 Å². The van der Waals surface area contributed by atoms with Gasteiger partial charge in [0.1, 0.15) is 0 Å². The summed E-state index contributed by atoms with van der Waals surface area (Å²) in [7, 11) is 0. The van der Waals surface area contributed by atoms with Crippen LogP contribution in [0.4, 0.5) is 5.69 Å². The quantitative estimate of drug-likeness (QED) is 0.474. The number of carbonyl (C=O) groups is 3. The number of carbonyl (C=O) groups excluding carboxylic acids is 3. The van der Waals surface area contributed by atoms with Gasteiger partial charge in [-0.25, -0.2) is 5.43 Å². The lowest BCUT2D eigenvalue weighted by Gasteiger charge is -2.19. The Bertz CT molecular complexity index is 730. The van der Waals surface area contributed by atoms with E-state index < -0.39 is 0 Å². The zero-order valence-electron chi connectivity index (χ0n) is 16.0. The number of fused-ring (bicyclic) bond motifs is 1. The molecule has 27 heavy (non-hydrogen) atoms. The molecule has 6 nitrogen and oxygen atoms in total. The lowest BCUT2D eigenvalue weighted by atomic mass is 9.81. The fourth-order valence-corrected chi connectivity index (χ4v) is 3.87. The third kappa shape index (κ3) is 4.10. The van der Waals surface area contributed by atoms with Gasteiger partial charge in [0.2, 0.25) is 17.7 Å². The van der Waals surface area contributed by atoms with Crippen molar-refractivity contribution in [1.29, 1.82) is 0 Å². The molecule has 2 fully saturated rings. The molecule has 1 aliphatic heterocycles. The van der Waals surface area contributed by atoms with E-state index in [1.165, 1.54) is 4.90 Å². The molecular weight excluding hydrogens is 342 g/mol. The summed E-state index contributed by atoms with van der Waals surface area (Å²) in [5.74, 6) is -0.513. The molecule has 0 radical (unpaired) electrons. The topological polar surface area (TPSA) is 78.8 Å². The van der Waals surface area contributed by atoms with Gasteiger partial charge in [-0.3, -0.25) is 19.3 Å². The maximum absolute atomic E-state index is 12.7. The molecule has 2 aliphatic rings. The summed E-state index contributed by atoms with van der Waals surface area (Å²) in [5, 5.41) is 4.13. The molecule has 3 rings (SSSR count). The van der Waals surface area contributed by atoms with E-state index in [-0.39, 0.29) is 29.6 Å². The second kappa shape index (κ2) is 8.46. The van der Waals surface area contributed by atoms with Crippen LogP contribution in [0.1, 0.15) is 64.4 Å². The average Bonchev–Trinajstić information content (AvgIpc) is 2.95. The van der Waals surface area contributed by atoms with Gasteiger partial charge in [-0.15, -0.1) is 0 Å². The highest BCUT2D eigenvalue weighted by atomic mass is 16.2. The fraction of sp³-hybridized carbons (Fsp3) is 0.524. The van der Waals surface area contributed by atoms with Crippen molar-refractivity contribution in [2.45, 2.75) is 58.8 Å². The maximum atomic E-state index is 12.7. The molecule has 3 amide bonds. The van der Waals surface area contributed by atoms with Crippen molar-refractivity contribution in [3.8, 4) is 0 Å². The second-order valence-corrected chi connectivity index (χ2v) is 7.39. The number of nitrogens with zero attached hydrogens (tertiary/aromatic N) is 2. The predicted octanol–water partition coefficient (Wildman–Crippen LogP) is 3.40. The van der Waals surface area contributed by atoms with Crippen molar-refractivity contribution in [2.75, 3.05) is 4.90 Å². The van der Waals surface area contributed by atoms with Crippen LogP contribution in [0, 0.1) is 11.8 Å². The largest absolute Gasteiger partial charge is 0.274 e. The Morgan fingerprint density at radius 2 is 1.70 bits per heavy atom. The van der Waals surface area contributed by atoms with Gasteiger partial charge >= 0.3 is 0 Å². The standard InChI is InChI=1S/C21H27N3O3/c1-3-4-9-19(25)23-22-14(2)15-10-12-16(13-11-15)24-20(26)17-7-5-6-8-18(17)21(24)27/h10-13,17-18H,3-9H2,1-2H3,(H,23,25). The molecular formula is C21H27N3O3. The molecule has 1 aliphatic carbocycles. The summed E-state index contributed by atoms with van der Waals surface area (Å²) in [6.07, 6.45) is 5.94. The summed E-state index contributed by atoms with van der Waals surface area (Å²) < 4.78 is 0. The van der Waals surface area contributed by atoms with Crippen LogP contribution in [-0.2, 0) is 14.4 Å². The molecule has 6 heteroatoms. The lowest BCUT2D eigenvalue weighted by molar-refractivity contribution is -0.123. The van der Waals surface area contributed by atoms with E-state index in [4.69, 9.17) is 0 Å². The number of benzene rings is 1. The van der Waals surface area contributed by atoms with Gasteiger partial charge in [-0.05, 0) is 43.9 Å². The molecule has 0 aromatic heterocycles. The van der Waals surface area contributed by atoms with Gasteiger partial charge in [-0.1, -0.05) is 38.3 Å². The van der Waals surface area contributed by atoms with Crippen molar-refractivity contribution in [3.63, 3.8) is 0 Å². The van der Waals surface area contributed by atoms with Crippen molar-refractivity contribution in [1.82, 2.24) is 5.43 Å². The van der Waals surface area contributed by atoms with E-state index in [9.17, 15) is 14.4 Å². The van der Waals surface area contributed by atoms with Crippen LogP contribution in [0.2, 0.25) is 0 Å². The molecule has 144 valence electrons. The van der Waals surface area contributed by atoms with Crippen molar-refractivity contribution in [2.24, 2.45) is 16.9 Å². The minimum atomic E-state index is -0.146. The summed E-state index contributed by atoms with van der Waals surface area (Å²) in [6.45, 7) is 3.85. The van der Waals surface area contributed by atoms with Crippen LogP contribution in [-0.4, -0.2) is 23.4 Å². The van der Waals surface area contributed by atoms with Crippen LogP contribution in [0.15, 0.2) is 29.4 Å². The number of rotatable bonds is 6. The van der Waals surface area contributed by atoms with E-state index in [0.29, 0.717) is 17.8 Å². The maximum Gasteiger partial charge on any atom is 0.240 e. The lowest BCUT2D eigenvalue weighted by Crippen LogP contribution is -2.30. The van der Waals surface area contributed by atoms with Gasteiger partial charge in [0.15, 0.2) is 0 Å². The Kier molecular flexibility index (Phi) is 6.04. The highest BCUT2D eigenvalue weighted by Crippen LogP contribution is 2.40. The van der Waals surface area contributed by atoms with E-state index in [1.807, 2.05) is 26.0 Å². The molecule has 0 bridgehead atoms. The van der Waals surface area contributed by atoms with Crippen LogP contribution in [0.25, 0.3) is 0 Å². The number of hydrazone groups is 1. The second-order valence-electron chi connectivity index (χ2n) is 7.39. The first-order valence-corrected chi connectivity index (χ1v) is 9.84. The molecule has 1 saturated carbocycles. The molecule has 2 unspecified atom stereocenters. The Morgan fingerprint density at radius 3 is 2.26 bits per heavy atom. The molecule has 2 atom stereocenters. The summed E-state index contributed by atoms with van der Waals surface area (Å²) in [6, 6.07) is 7.21. The van der Waals surface area contributed by atoms with Crippen molar-refractivity contribution >= 4 is 29.1 Å². The van der Waals surface area contributed by atoms with Crippen molar-refractivity contribution < 1.29 is 14.4 Å². The SMILES string of the molecule is CCCCC(=O)NN=C(C)c1ccc(N2C(=O)C3CCCCC3C2=O)cc1. The number of nitrogens with one attached hydrogen (secondary N) is 1. The molecule has 1 saturated heterocycles. The fourth-order valence-electron chi connectivity index (χ4n) is 3.87. The van der Waals surface area contributed by atoms with Crippen LogP contribution in [0.3, 0.4) is 0 Å². The normalized spacial score (nSPS) is 22.7. The number of hydrogen-bond acceptors (Lipinski definition) is 4. The molecule has 1 heterocycles. The minimum absolute atomic E-state index is 0.0639. The molecule has 1 N–H and O–H groups in total. The van der Waals surface area contributed by atoms with Crippen LogP contribution >= 0.6 is 0 Å². The first-order chi connectivity index (χ1) is 13.0. The third-order valence-electron chi connectivity index (χ3n) is 5.49. The first kappa shape index (κ1) is 19.3. The average molecular weight is 369 g/mol. The summed E-state index contributed by atoms with van der Waals surface area (Å²) in [4.78, 5) is 38.3. The first-order valence-electron chi connectivity index (χ1n) is 9.84. The van der Waals surface area contributed by atoms with E-state index in [1.54, 1.807) is 12.1 Å². The zero-order valence-corrected chi connectivity index (χ0v) is 16.0. The van der Waals surface area contributed by atoms with Gasteiger partial charge in [-0.2, -0.15) is 5.10 Å². The summed E-state index contributed by atoms with van der Waals surface area (Å²) >= 11 is 0. The Labute approximate surface area is 160 Å². The van der Waals surface area contributed by atoms with Gasteiger partial charge in [0.05, 0.1) is 23.2 Å². The molecule has 0 spiro atoms. The molecule has 1 aromatic rings. The monoisotopic (exact) mass is 369 g/mol. The third-order valence-corrected chi connectivity index (χ3v) is 5.49. The van der Waals surface area contributed by atoms with Gasteiger partial charge < -0.3 is 0 Å². The minimum Gasteiger partial charge on any atom is -0.274 e. The van der Waals surface area contributed by atoms with Gasteiger partial charge in [0, 0.05) is 6.42 Å². The van der Waals surface area contributed by atoms with E-state index in [0.717, 1.165) is 44.1 Å². The van der Waals surface area contributed by atoms with Crippen molar-refractivity contribution in [3.05, 3.63) is 29.8 Å². The van der Waals surface area contributed by atoms with E-state index in [2.05, 4.69) is 10.5 Å². The van der Waals surface area contributed by atoms with E-state index >= 15 is 0 Å². The highest BCUT2D eigenvalue weighted by Gasteiger charge is 2.48. The number of imide groups is 1. The Hall–Kier alpha value is -2.50. The zero-order chi connectivity index (χ0) is 19.4. The smallest absolute Gasteiger partial charge is 0.240 e. The number of unbranched alkanes of at least 4 members (excludes halogenated alkanes) is 1. The van der Waals surface area contributed by atoms with Gasteiger partial charge in [0.25, 0.3) is 0 Å². The Morgan fingerprint density at radius 1 is 1.11 bits per heavy atom. The number of amides is 3. The summed E-state index contributed by atoms with van der Waals surface area (Å²) in [5.41, 5.74) is 4.70. The predicted molar refractivity (Wildman–Crippen MR) is 104 cm³/mol. The van der Waals surface area contributed by atoms with Crippen LogP contribution in [0.5, 0.6) is 0 Å². The number of anilines is 1. The Balaban J connectivity index is 1.69. The molecule has 1 aromatic carbocycles. The number of hydrogen-bond donors (Lipinski definition) is 1.